The Hall–Kier alpha value is -0.870. The van der Waals surface area contributed by atoms with E-state index in [2.05, 4.69) is 0 Å². The van der Waals surface area contributed by atoms with Crippen molar-refractivity contribution in [3.05, 3.63) is 12.2 Å². The van der Waals surface area contributed by atoms with Gasteiger partial charge in [-0.3, -0.25) is 0 Å². The SMILES string of the molecule is C/C=C/C(=O)OCCCC(N)CCCN. The Kier molecular flexibility index (Phi) is 9.11. The molecule has 0 aliphatic carbocycles. The van der Waals surface area contributed by atoms with Gasteiger partial charge in [-0.2, -0.15) is 0 Å². The van der Waals surface area contributed by atoms with E-state index in [0.717, 1.165) is 25.7 Å². The molecule has 0 aliphatic rings. The van der Waals surface area contributed by atoms with E-state index in [1.807, 2.05) is 0 Å². The fraction of sp³-hybridized carbons (Fsp3) is 0.727. The maximum absolute atomic E-state index is 10.9. The van der Waals surface area contributed by atoms with Gasteiger partial charge in [0.15, 0.2) is 0 Å². The van der Waals surface area contributed by atoms with Gasteiger partial charge in [-0.1, -0.05) is 6.08 Å². The molecule has 15 heavy (non-hydrogen) atoms. The molecular formula is C11H22N2O2. The van der Waals surface area contributed by atoms with Gasteiger partial charge in [-0.15, -0.1) is 0 Å². The molecule has 0 heterocycles. The lowest BCUT2D eigenvalue weighted by Gasteiger charge is -2.10. The van der Waals surface area contributed by atoms with Crippen LogP contribution in [0.1, 0.15) is 32.6 Å². The minimum Gasteiger partial charge on any atom is -0.463 e. The van der Waals surface area contributed by atoms with Gasteiger partial charge >= 0.3 is 5.97 Å². The highest BCUT2D eigenvalue weighted by Crippen LogP contribution is 2.01. The molecule has 1 atom stereocenters. The number of ether oxygens (including phenoxy) is 1. The molecule has 1 unspecified atom stereocenters. The Bertz CT molecular complexity index is 193. The number of hydrogen-bond donors (Lipinski definition) is 2. The number of carbonyl (C=O) groups is 1. The van der Waals surface area contributed by atoms with E-state index < -0.39 is 0 Å². The first kappa shape index (κ1) is 14.1. The number of rotatable bonds is 8. The normalized spacial score (nSPS) is 13.0. The number of nitrogens with two attached hydrogens (primary N) is 2. The summed E-state index contributed by atoms with van der Waals surface area (Å²) in [6.07, 6.45) is 6.67. The lowest BCUT2D eigenvalue weighted by atomic mass is 10.1. The quantitative estimate of drug-likeness (QED) is 0.358. The van der Waals surface area contributed by atoms with Crippen molar-refractivity contribution in [2.45, 2.75) is 38.6 Å². The first-order chi connectivity index (χ1) is 7.20. The zero-order valence-electron chi connectivity index (χ0n) is 9.45. The molecule has 0 rings (SSSR count). The minimum atomic E-state index is -0.284. The second-order valence-electron chi connectivity index (χ2n) is 3.50. The zero-order valence-corrected chi connectivity index (χ0v) is 9.45. The number of allylic oxidation sites excluding steroid dienone is 1. The van der Waals surface area contributed by atoms with Crippen LogP contribution in [-0.2, 0) is 9.53 Å². The third kappa shape index (κ3) is 9.43. The van der Waals surface area contributed by atoms with Crippen molar-refractivity contribution < 1.29 is 9.53 Å². The van der Waals surface area contributed by atoms with Crippen LogP contribution >= 0.6 is 0 Å². The molecule has 0 aromatic heterocycles. The molecule has 0 spiro atoms. The van der Waals surface area contributed by atoms with Crippen molar-refractivity contribution in [3.63, 3.8) is 0 Å². The fourth-order valence-electron chi connectivity index (χ4n) is 1.23. The molecule has 0 saturated heterocycles. The fourth-order valence-corrected chi connectivity index (χ4v) is 1.23. The summed E-state index contributed by atoms with van der Waals surface area (Å²) < 4.78 is 4.93. The number of hydrogen-bond acceptors (Lipinski definition) is 4. The van der Waals surface area contributed by atoms with Gasteiger partial charge < -0.3 is 16.2 Å². The summed E-state index contributed by atoms with van der Waals surface area (Å²) in [6.45, 7) is 2.91. The van der Waals surface area contributed by atoms with Crippen LogP contribution in [0.3, 0.4) is 0 Å². The van der Waals surface area contributed by atoms with E-state index in [4.69, 9.17) is 16.2 Å². The van der Waals surface area contributed by atoms with E-state index in [9.17, 15) is 4.79 Å². The van der Waals surface area contributed by atoms with Crippen LogP contribution in [0.15, 0.2) is 12.2 Å². The molecule has 0 aromatic rings. The molecule has 0 radical (unpaired) electrons. The Morgan fingerprint density at radius 2 is 2.07 bits per heavy atom. The van der Waals surface area contributed by atoms with Gasteiger partial charge in [-0.05, 0) is 39.2 Å². The smallest absolute Gasteiger partial charge is 0.330 e. The van der Waals surface area contributed by atoms with Crippen LogP contribution in [0.5, 0.6) is 0 Å². The first-order valence-electron chi connectivity index (χ1n) is 5.45. The lowest BCUT2D eigenvalue weighted by molar-refractivity contribution is -0.137. The average Bonchev–Trinajstić information content (AvgIpc) is 2.22. The summed E-state index contributed by atoms with van der Waals surface area (Å²) in [5.74, 6) is -0.284. The molecule has 88 valence electrons. The molecule has 0 fully saturated rings. The van der Waals surface area contributed by atoms with Gasteiger partial charge in [0, 0.05) is 12.1 Å². The second-order valence-corrected chi connectivity index (χ2v) is 3.50. The van der Waals surface area contributed by atoms with E-state index in [-0.39, 0.29) is 12.0 Å². The molecule has 4 heteroatoms. The summed E-state index contributed by atoms with van der Waals surface area (Å²) >= 11 is 0. The Labute approximate surface area is 91.7 Å². The molecular weight excluding hydrogens is 192 g/mol. The summed E-state index contributed by atoms with van der Waals surface area (Å²) in [6, 6.07) is 0.175. The Balaban J connectivity index is 3.33. The summed E-state index contributed by atoms with van der Waals surface area (Å²) in [5, 5.41) is 0. The van der Waals surface area contributed by atoms with E-state index in [0.29, 0.717) is 13.2 Å². The zero-order chi connectivity index (χ0) is 11.5. The van der Waals surface area contributed by atoms with Crippen LogP contribution in [0.2, 0.25) is 0 Å². The predicted octanol–water partition coefficient (Wildman–Crippen LogP) is 0.952. The molecule has 0 aromatic carbocycles. The van der Waals surface area contributed by atoms with Gasteiger partial charge in [0.2, 0.25) is 0 Å². The van der Waals surface area contributed by atoms with Crippen molar-refractivity contribution in [1.29, 1.82) is 0 Å². The Morgan fingerprint density at radius 1 is 1.40 bits per heavy atom. The molecule has 0 saturated carbocycles. The summed E-state index contributed by atoms with van der Waals surface area (Å²) in [4.78, 5) is 10.9. The third-order valence-corrected chi connectivity index (χ3v) is 2.05. The minimum absolute atomic E-state index is 0.175. The third-order valence-electron chi connectivity index (χ3n) is 2.05. The lowest BCUT2D eigenvalue weighted by Crippen LogP contribution is -2.21. The summed E-state index contributed by atoms with van der Waals surface area (Å²) in [5.41, 5.74) is 11.2. The first-order valence-corrected chi connectivity index (χ1v) is 5.45. The van der Waals surface area contributed by atoms with Crippen molar-refractivity contribution in [1.82, 2.24) is 0 Å². The topological polar surface area (TPSA) is 78.3 Å². The van der Waals surface area contributed by atoms with Gasteiger partial charge in [0.1, 0.15) is 0 Å². The van der Waals surface area contributed by atoms with Crippen molar-refractivity contribution in [2.24, 2.45) is 11.5 Å². The van der Waals surface area contributed by atoms with Crippen molar-refractivity contribution in [2.75, 3.05) is 13.2 Å². The largest absolute Gasteiger partial charge is 0.463 e. The highest BCUT2D eigenvalue weighted by Gasteiger charge is 2.02. The molecule has 0 amide bonds. The number of carbonyl (C=O) groups excluding carboxylic acids is 1. The maximum Gasteiger partial charge on any atom is 0.330 e. The van der Waals surface area contributed by atoms with Crippen LogP contribution in [0.25, 0.3) is 0 Å². The van der Waals surface area contributed by atoms with Crippen LogP contribution < -0.4 is 11.5 Å². The molecule has 0 aliphatic heterocycles. The monoisotopic (exact) mass is 214 g/mol. The van der Waals surface area contributed by atoms with Gasteiger partial charge in [-0.25, -0.2) is 4.79 Å². The molecule has 4 nitrogen and oxygen atoms in total. The highest BCUT2D eigenvalue weighted by molar-refractivity contribution is 5.81. The van der Waals surface area contributed by atoms with E-state index >= 15 is 0 Å². The maximum atomic E-state index is 10.9. The number of esters is 1. The van der Waals surface area contributed by atoms with Crippen molar-refractivity contribution in [3.8, 4) is 0 Å². The van der Waals surface area contributed by atoms with Gasteiger partial charge in [0.25, 0.3) is 0 Å². The molecule has 0 bridgehead atoms. The molecule has 4 N–H and O–H groups in total. The van der Waals surface area contributed by atoms with Gasteiger partial charge in [0.05, 0.1) is 6.61 Å². The predicted molar refractivity (Wildman–Crippen MR) is 61.3 cm³/mol. The van der Waals surface area contributed by atoms with Crippen LogP contribution in [-0.4, -0.2) is 25.2 Å². The van der Waals surface area contributed by atoms with Crippen molar-refractivity contribution >= 4 is 5.97 Å². The standard InChI is InChI=1S/C11H22N2O2/c1-2-5-11(14)15-9-4-7-10(13)6-3-8-12/h2,5,10H,3-4,6-9,12-13H2,1H3/b5-2+. The second kappa shape index (κ2) is 9.68. The Morgan fingerprint density at radius 3 is 2.67 bits per heavy atom. The highest BCUT2D eigenvalue weighted by atomic mass is 16.5. The van der Waals surface area contributed by atoms with E-state index in [1.54, 1.807) is 13.0 Å². The van der Waals surface area contributed by atoms with Crippen LogP contribution in [0.4, 0.5) is 0 Å². The van der Waals surface area contributed by atoms with Crippen LogP contribution in [0, 0.1) is 0 Å². The average molecular weight is 214 g/mol. The van der Waals surface area contributed by atoms with E-state index in [1.165, 1.54) is 6.08 Å². The summed E-state index contributed by atoms with van der Waals surface area (Å²) in [7, 11) is 0.